The van der Waals surface area contributed by atoms with Gasteiger partial charge in [0, 0.05) is 10.9 Å². The Balaban J connectivity index is 2.73. The van der Waals surface area contributed by atoms with Crippen molar-refractivity contribution in [3.63, 3.8) is 0 Å². The molecule has 0 atom stereocenters. The topological polar surface area (TPSA) is 42.2 Å². The Labute approximate surface area is 95.9 Å². The zero-order valence-corrected chi connectivity index (χ0v) is 10.3. The van der Waals surface area contributed by atoms with Crippen molar-refractivity contribution in [2.45, 2.75) is 19.4 Å². The third-order valence-corrected chi connectivity index (χ3v) is 3.34. The molecule has 14 heavy (non-hydrogen) atoms. The van der Waals surface area contributed by atoms with Crippen molar-refractivity contribution in [1.82, 2.24) is 5.32 Å². The van der Waals surface area contributed by atoms with Crippen LogP contribution in [-0.2, 0) is 0 Å². The van der Waals surface area contributed by atoms with Crippen molar-refractivity contribution in [2.75, 3.05) is 5.33 Å². The van der Waals surface area contributed by atoms with E-state index in [1.807, 2.05) is 13.8 Å². The molecule has 0 aliphatic rings. The van der Waals surface area contributed by atoms with Crippen molar-refractivity contribution in [2.24, 2.45) is 0 Å². The maximum Gasteiger partial charge on any atom is 0.256 e. The number of hydrogen-bond donors (Lipinski definition) is 1. The highest BCUT2D eigenvalue weighted by Crippen LogP contribution is 2.17. The molecule has 0 bridgehead atoms. The van der Waals surface area contributed by atoms with Crippen molar-refractivity contribution < 1.29 is 9.21 Å². The van der Waals surface area contributed by atoms with Gasteiger partial charge in [0.05, 0.1) is 11.8 Å². The number of furan rings is 1. The Kier molecular flexibility index (Phi) is 3.61. The van der Waals surface area contributed by atoms with E-state index in [1.54, 1.807) is 6.07 Å². The number of carbonyl (C=O) groups excluding carboxylic acids is 1. The van der Waals surface area contributed by atoms with Crippen molar-refractivity contribution in [1.29, 1.82) is 0 Å². The van der Waals surface area contributed by atoms with Gasteiger partial charge in [-0.1, -0.05) is 15.9 Å². The molecule has 78 valence electrons. The summed E-state index contributed by atoms with van der Waals surface area (Å²) >= 11 is 8.98. The minimum atomic E-state index is -0.308. The number of carbonyl (C=O) groups is 1. The van der Waals surface area contributed by atoms with E-state index in [0.29, 0.717) is 10.9 Å². The van der Waals surface area contributed by atoms with Crippen LogP contribution in [0.15, 0.2) is 16.7 Å². The lowest BCUT2D eigenvalue weighted by Gasteiger charge is -2.23. The molecule has 1 aromatic rings. The van der Waals surface area contributed by atoms with E-state index in [2.05, 4.69) is 21.2 Å². The Morgan fingerprint density at radius 1 is 1.71 bits per heavy atom. The normalized spacial score (nSPS) is 11.4. The number of nitrogens with one attached hydrogen (secondary N) is 1. The molecule has 0 unspecified atom stereocenters. The molecule has 1 N–H and O–H groups in total. The summed E-state index contributed by atoms with van der Waals surface area (Å²) in [6, 6.07) is 1.54. The van der Waals surface area contributed by atoms with Crippen LogP contribution in [0.3, 0.4) is 0 Å². The molecule has 0 aliphatic heterocycles. The first kappa shape index (κ1) is 11.6. The predicted molar refractivity (Wildman–Crippen MR) is 59.1 cm³/mol. The fourth-order valence-electron chi connectivity index (χ4n) is 0.864. The average Bonchev–Trinajstić information content (AvgIpc) is 2.51. The molecule has 0 radical (unpaired) electrons. The second-order valence-corrected chi connectivity index (χ2v) is 4.48. The summed E-state index contributed by atoms with van der Waals surface area (Å²) in [5, 5.41) is 3.61. The zero-order chi connectivity index (χ0) is 10.8. The molecule has 1 heterocycles. The fourth-order valence-corrected chi connectivity index (χ4v) is 1.20. The summed E-state index contributed by atoms with van der Waals surface area (Å²) < 4.78 is 4.83. The van der Waals surface area contributed by atoms with E-state index < -0.39 is 0 Å². The van der Waals surface area contributed by atoms with E-state index in [9.17, 15) is 4.79 Å². The lowest BCUT2D eigenvalue weighted by molar-refractivity contribution is 0.0921. The molecular formula is C9H11BrClNO2. The first-order chi connectivity index (χ1) is 6.46. The fraction of sp³-hybridized carbons (Fsp3) is 0.444. The van der Waals surface area contributed by atoms with Crippen LogP contribution in [0.1, 0.15) is 24.2 Å². The number of amides is 1. The quantitative estimate of drug-likeness (QED) is 0.865. The van der Waals surface area contributed by atoms with Gasteiger partial charge < -0.3 is 9.73 Å². The van der Waals surface area contributed by atoms with Crippen LogP contribution in [0, 0.1) is 0 Å². The molecule has 1 amide bonds. The van der Waals surface area contributed by atoms with Crippen molar-refractivity contribution in [3.8, 4) is 0 Å². The maximum absolute atomic E-state index is 11.6. The van der Waals surface area contributed by atoms with Gasteiger partial charge in [0.1, 0.15) is 0 Å². The second-order valence-electron chi connectivity index (χ2n) is 3.58. The summed E-state index contributed by atoms with van der Waals surface area (Å²) in [7, 11) is 0. The third-order valence-electron chi connectivity index (χ3n) is 1.65. The lowest BCUT2D eigenvalue weighted by atomic mass is 10.1. The third kappa shape index (κ3) is 2.75. The van der Waals surface area contributed by atoms with Gasteiger partial charge in [-0.25, -0.2) is 0 Å². The highest BCUT2D eigenvalue weighted by molar-refractivity contribution is 9.09. The van der Waals surface area contributed by atoms with Crippen LogP contribution < -0.4 is 5.32 Å². The van der Waals surface area contributed by atoms with Gasteiger partial charge in [-0.3, -0.25) is 4.79 Å². The van der Waals surface area contributed by atoms with Crippen LogP contribution in [0.2, 0.25) is 5.22 Å². The van der Waals surface area contributed by atoms with Crippen molar-refractivity contribution in [3.05, 3.63) is 23.1 Å². The molecule has 5 heteroatoms. The highest BCUT2D eigenvalue weighted by atomic mass is 79.9. The molecule has 0 saturated heterocycles. The summed E-state index contributed by atoms with van der Waals surface area (Å²) in [4.78, 5) is 11.6. The van der Waals surface area contributed by atoms with Gasteiger partial charge in [0.15, 0.2) is 0 Å². The average molecular weight is 281 g/mol. The van der Waals surface area contributed by atoms with Gasteiger partial charge in [-0.05, 0) is 31.5 Å². The van der Waals surface area contributed by atoms with Gasteiger partial charge >= 0.3 is 0 Å². The van der Waals surface area contributed by atoms with Crippen LogP contribution in [-0.4, -0.2) is 16.8 Å². The molecular weight excluding hydrogens is 269 g/mol. The molecule has 0 spiro atoms. The van der Waals surface area contributed by atoms with Crippen LogP contribution >= 0.6 is 27.5 Å². The van der Waals surface area contributed by atoms with Gasteiger partial charge in [-0.15, -0.1) is 0 Å². The molecule has 3 nitrogen and oxygen atoms in total. The standard InChI is InChI=1S/C9H11BrClNO2/c1-9(2,5-10)12-8(13)6-3-4-14-7(6)11/h3-4H,5H2,1-2H3,(H,12,13). The zero-order valence-electron chi connectivity index (χ0n) is 7.93. The van der Waals surface area contributed by atoms with Crippen LogP contribution in [0.25, 0.3) is 0 Å². The predicted octanol–water partition coefficient (Wildman–Crippen LogP) is 2.84. The van der Waals surface area contributed by atoms with Gasteiger partial charge in [-0.2, -0.15) is 0 Å². The van der Waals surface area contributed by atoms with E-state index >= 15 is 0 Å². The van der Waals surface area contributed by atoms with Crippen LogP contribution in [0.4, 0.5) is 0 Å². The summed E-state index contributed by atoms with van der Waals surface area (Å²) in [5.74, 6) is -0.229. The first-order valence-electron chi connectivity index (χ1n) is 4.08. The Morgan fingerprint density at radius 2 is 2.36 bits per heavy atom. The lowest BCUT2D eigenvalue weighted by Crippen LogP contribution is -2.44. The number of hydrogen-bond acceptors (Lipinski definition) is 2. The second kappa shape index (κ2) is 4.36. The molecule has 0 aromatic carbocycles. The van der Waals surface area contributed by atoms with Gasteiger partial charge in [0.2, 0.25) is 5.22 Å². The molecule has 1 rings (SSSR count). The van der Waals surface area contributed by atoms with E-state index in [0.717, 1.165) is 0 Å². The van der Waals surface area contributed by atoms with Gasteiger partial charge in [0.25, 0.3) is 5.91 Å². The maximum atomic E-state index is 11.6. The smallest absolute Gasteiger partial charge is 0.256 e. The number of rotatable bonds is 3. The highest BCUT2D eigenvalue weighted by Gasteiger charge is 2.21. The van der Waals surface area contributed by atoms with Crippen molar-refractivity contribution >= 4 is 33.4 Å². The minimum absolute atomic E-state index is 0.118. The Hall–Kier alpha value is -0.480. The molecule has 0 fully saturated rings. The molecule has 0 aliphatic carbocycles. The minimum Gasteiger partial charge on any atom is -0.452 e. The summed E-state index contributed by atoms with van der Waals surface area (Å²) in [6.07, 6.45) is 1.39. The Bertz CT molecular complexity index is 335. The van der Waals surface area contributed by atoms with E-state index in [-0.39, 0.29) is 16.7 Å². The molecule has 1 aromatic heterocycles. The first-order valence-corrected chi connectivity index (χ1v) is 5.58. The monoisotopic (exact) mass is 279 g/mol. The number of halogens is 2. The largest absolute Gasteiger partial charge is 0.452 e. The number of alkyl halides is 1. The van der Waals surface area contributed by atoms with E-state index in [4.69, 9.17) is 16.0 Å². The summed E-state index contributed by atoms with van der Waals surface area (Å²) in [5.41, 5.74) is 0.0539. The van der Waals surface area contributed by atoms with E-state index in [1.165, 1.54) is 6.26 Å². The van der Waals surface area contributed by atoms with Crippen LogP contribution in [0.5, 0.6) is 0 Å². The Morgan fingerprint density at radius 3 is 2.79 bits per heavy atom. The summed E-state index contributed by atoms with van der Waals surface area (Å²) in [6.45, 7) is 3.82. The SMILES string of the molecule is CC(C)(CBr)NC(=O)c1ccoc1Cl. The molecule has 0 saturated carbocycles.